The molecular weight excluding hydrogens is 276 g/mol. The van der Waals surface area contributed by atoms with E-state index in [1.807, 2.05) is 10.8 Å². The van der Waals surface area contributed by atoms with Crippen LogP contribution in [0.5, 0.6) is 17.2 Å². The zero-order valence-corrected chi connectivity index (χ0v) is 11.8. The van der Waals surface area contributed by atoms with Crippen molar-refractivity contribution in [3.8, 4) is 17.2 Å². The number of rotatable bonds is 7. The molecule has 0 spiro atoms. The molecule has 1 heterocycles. The number of hydrogen-bond acceptors (Lipinski definition) is 5. The molecule has 21 heavy (non-hydrogen) atoms. The third-order valence-corrected chi connectivity index (χ3v) is 2.86. The topological polar surface area (TPSA) is 82.8 Å². The smallest absolute Gasteiger partial charge is 0.335 e. The van der Waals surface area contributed by atoms with Gasteiger partial charge >= 0.3 is 5.97 Å². The molecule has 1 aromatic carbocycles. The standard InChI is InChI=1S/C14H16N2O5/c1-19-11-7-10(14(17)18)8-12(20-2)13(11)21-6-5-16-4-3-15-9-16/h3-4,7-9H,5-6H2,1-2H3,(H,17,18). The lowest BCUT2D eigenvalue weighted by atomic mass is 10.2. The van der Waals surface area contributed by atoms with Crippen molar-refractivity contribution >= 4 is 5.97 Å². The summed E-state index contributed by atoms with van der Waals surface area (Å²) in [7, 11) is 2.90. The number of imidazole rings is 1. The van der Waals surface area contributed by atoms with Gasteiger partial charge in [-0.1, -0.05) is 0 Å². The Hall–Kier alpha value is -2.70. The maximum atomic E-state index is 11.1. The van der Waals surface area contributed by atoms with Crippen LogP contribution in [0.15, 0.2) is 30.9 Å². The fraction of sp³-hybridized carbons (Fsp3) is 0.286. The Kier molecular flexibility index (Phi) is 4.65. The highest BCUT2D eigenvalue weighted by molar-refractivity contribution is 5.89. The maximum Gasteiger partial charge on any atom is 0.335 e. The monoisotopic (exact) mass is 292 g/mol. The van der Waals surface area contributed by atoms with E-state index in [9.17, 15) is 4.79 Å². The maximum absolute atomic E-state index is 11.1. The van der Waals surface area contributed by atoms with Crippen molar-refractivity contribution in [2.45, 2.75) is 6.54 Å². The van der Waals surface area contributed by atoms with Crippen molar-refractivity contribution in [2.75, 3.05) is 20.8 Å². The van der Waals surface area contributed by atoms with Gasteiger partial charge in [0.15, 0.2) is 11.5 Å². The molecule has 0 aliphatic carbocycles. The first-order chi connectivity index (χ1) is 10.2. The second-order valence-corrected chi connectivity index (χ2v) is 4.16. The molecule has 0 saturated heterocycles. The van der Waals surface area contributed by atoms with E-state index in [0.29, 0.717) is 30.4 Å². The minimum absolute atomic E-state index is 0.0747. The molecule has 0 fully saturated rings. The molecule has 1 aromatic heterocycles. The van der Waals surface area contributed by atoms with Crippen LogP contribution in [0.25, 0.3) is 0 Å². The average molecular weight is 292 g/mol. The number of carboxylic acids is 1. The molecule has 0 atom stereocenters. The Balaban J connectivity index is 2.18. The molecule has 7 heteroatoms. The first-order valence-corrected chi connectivity index (χ1v) is 6.23. The molecule has 0 aliphatic heterocycles. The van der Waals surface area contributed by atoms with Gasteiger partial charge in [-0.3, -0.25) is 0 Å². The van der Waals surface area contributed by atoms with Crippen LogP contribution in [0.1, 0.15) is 10.4 Å². The Morgan fingerprint density at radius 2 is 1.95 bits per heavy atom. The van der Waals surface area contributed by atoms with Crippen molar-refractivity contribution in [3.05, 3.63) is 36.4 Å². The molecule has 2 aromatic rings. The Morgan fingerprint density at radius 3 is 2.43 bits per heavy atom. The third-order valence-electron chi connectivity index (χ3n) is 2.86. The first kappa shape index (κ1) is 14.7. The lowest BCUT2D eigenvalue weighted by Crippen LogP contribution is -2.09. The van der Waals surface area contributed by atoms with Gasteiger partial charge in [0.25, 0.3) is 0 Å². The highest BCUT2D eigenvalue weighted by Gasteiger charge is 2.17. The third kappa shape index (κ3) is 3.44. The fourth-order valence-electron chi connectivity index (χ4n) is 1.82. The molecule has 112 valence electrons. The summed E-state index contributed by atoms with van der Waals surface area (Å²) >= 11 is 0. The summed E-state index contributed by atoms with van der Waals surface area (Å²) in [6.45, 7) is 0.975. The van der Waals surface area contributed by atoms with Crippen molar-refractivity contribution in [3.63, 3.8) is 0 Å². The zero-order valence-electron chi connectivity index (χ0n) is 11.8. The van der Waals surface area contributed by atoms with E-state index in [-0.39, 0.29) is 5.56 Å². The van der Waals surface area contributed by atoms with Gasteiger partial charge in [-0.05, 0) is 12.1 Å². The zero-order chi connectivity index (χ0) is 15.2. The molecule has 7 nitrogen and oxygen atoms in total. The van der Waals surface area contributed by atoms with E-state index < -0.39 is 5.97 Å². The van der Waals surface area contributed by atoms with Crippen LogP contribution in [-0.4, -0.2) is 41.5 Å². The molecule has 1 N–H and O–H groups in total. The van der Waals surface area contributed by atoms with E-state index in [1.54, 1.807) is 12.5 Å². The Labute approximate surface area is 121 Å². The number of methoxy groups -OCH3 is 2. The number of aromatic carboxylic acids is 1. The molecule has 0 unspecified atom stereocenters. The van der Waals surface area contributed by atoms with Crippen LogP contribution < -0.4 is 14.2 Å². The van der Waals surface area contributed by atoms with Gasteiger partial charge in [0.05, 0.1) is 32.7 Å². The van der Waals surface area contributed by atoms with Crippen LogP contribution in [0.2, 0.25) is 0 Å². The normalized spacial score (nSPS) is 10.2. The van der Waals surface area contributed by atoms with Gasteiger partial charge in [-0.15, -0.1) is 0 Å². The quantitative estimate of drug-likeness (QED) is 0.836. The number of ether oxygens (including phenoxy) is 3. The largest absolute Gasteiger partial charge is 0.493 e. The van der Waals surface area contributed by atoms with Gasteiger partial charge in [-0.2, -0.15) is 0 Å². The molecule has 0 amide bonds. The number of carboxylic acid groups (broad SMARTS) is 1. The predicted molar refractivity (Wildman–Crippen MR) is 74.2 cm³/mol. The Morgan fingerprint density at radius 1 is 1.29 bits per heavy atom. The van der Waals surface area contributed by atoms with E-state index in [4.69, 9.17) is 19.3 Å². The minimum Gasteiger partial charge on any atom is -0.493 e. The van der Waals surface area contributed by atoms with E-state index in [1.165, 1.54) is 26.4 Å². The van der Waals surface area contributed by atoms with Crippen LogP contribution in [0.4, 0.5) is 0 Å². The van der Waals surface area contributed by atoms with Crippen LogP contribution >= 0.6 is 0 Å². The number of aromatic nitrogens is 2. The summed E-state index contributed by atoms with van der Waals surface area (Å²) in [6.07, 6.45) is 5.19. The van der Waals surface area contributed by atoms with Crippen LogP contribution in [0.3, 0.4) is 0 Å². The lowest BCUT2D eigenvalue weighted by Gasteiger charge is -2.15. The molecule has 2 rings (SSSR count). The highest BCUT2D eigenvalue weighted by Crippen LogP contribution is 2.38. The first-order valence-electron chi connectivity index (χ1n) is 6.23. The van der Waals surface area contributed by atoms with Gasteiger partial charge in [0.1, 0.15) is 6.61 Å². The van der Waals surface area contributed by atoms with Gasteiger partial charge < -0.3 is 23.9 Å². The van der Waals surface area contributed by atoms with Crippen LogP contribution in [-0.2, 0) is 6.54 Å². The summed E-state index contributed by atoms with van der Waals surface area (Å²) in [5, 5.41) is 9.05. The fourth-order valence-corrected chi connectivity index (χ4v) is 1.82. The number of nitrogens with zero attached hydrogens (tertiary/aromatic N) is 2. The number of benzene rings is 1. The van der Waals surface area contributed by atoms with Gasteiger partial charge in [-0.25, -0.2) is 9.78 Å². The van der Waals surface area contributed by atoms with Crippen LogP contribution in [0, 0.1) is 0 Å². The van der Waals surface area contributed by atoms with E-state index in [2.05, 4.69) is 4.98 Å². The predicted octanol–water partition coefficient (Wildman–Crippen LogP) is 1.68. The van der Waals surface area contributed by atoms with Crippen molar-refractivity contribution in [1.82, 2.24) is 9.55 Å². The lowest BCUT2D eigenvalue weighted by molar-refractivity contribution is 0.0696. The van der Waals surface area contributed by atoms with Crippen molar-refractivity contribution in [1.29, 1.82) is 0 Å². The SMILES string of the molecule is COc1cc(C(=O)O)cc(OC)c1OCCn1ccnc1. The average Bonchev–Trinajstić information content (AvgIpc) is 3.00. The Bertz CT molecular complexity index is 585. The highest BCUT2D eigenvalue weighted by atomic mass is 16.5. The summed E-state index contributed by atoms with van der Waals surface area (Å²) in [6, 6.07) is 2.80. The van der Waals surface area contributed by atoms with E-state index in [0.717, 1.165) is 0 Å². The minimum atomic E-state index is -1.06. The van der Waals surface area contributed by atoms with Gasteiger partial charge in [0, 0.05) is 12.4 Å². The molecule has 0 bridgehead atoms. The molecule has 0 radical (unpaired) electrons. The summed E-state index contributed by atoms with van der Waals surface area (Å²) in [5.41, 5.74) is 0.0747. The summed E-state index contributed by atoms with van der Waals surface area (Å²) < 4.78 is 17.9. The van der Waals surface area contributed by atoms with E-state index >= 15 is 0 Å². The van der Waals surface area contributed by atoms with Crippen molar-refractivity contribution < 1.29 is 24.1 Å². The number of hydrogen-bond donors (Lipinski definition) is 1. The molecular formula is C14H16N2O5. The summed E-state index contributed by atoms with van der Waals surface area (Å²) in [4.78, 5) is 15.0. The van der Waals surface area contributed by atoms with Gasteiger partial charge in [0.2, 0.25) is 5.75 Å². The molecule has 0 saturated carbocycles. The molecule has 0 aliphatic rings. The second-order valence-electron chi connectivity index (χ2n) is 4.16. The van der Waals surface area contributed by atoms with Crippen molar-refractivity contribution in [2.24, 2.45) is 0 Å². The number of carbonyl (C=O) groups is 1. The summed E-state index contributed by atoms with van der Waals surface area (Å²) in [5.74, 6) is -0.0450. The second kappa shape index (κ2) is 6.65.